The van der Waals surface area contributed by atoms with Gasteiger partial charge in [-0.2, -0.15) is 0 Å². The van der Waals surface area contributed by atoms with Gasteiger partial charge < -0.3 is 0 Å². The van der Waals surface area contributed by atoms with Gasteiger partial charge in [0.15, 0.2) is 11.0 Å². The van der Waals surface area contributed by atoms with Crippen LogP contribution in [-0.2, 0) is 12.3 Å². The van der Waals surface area contributed by atoms with Crippen LogP contribution in [0.15, 0.2) is 71.7 Å². The summed E-state index contributed by atoms with van der Waals surface area (Å²) in [5.41, 5.74) is 5.79. The Labute approximate surface area is 179 Å². The van der Waals surface area contributed by atoms with Gasteiger partial charge in [0.1, 0.15) is 5.01 Å². The number of nitrogens with zero attached hydrogens (tertiary/aromatic N) is 4. The number of thiazole rings is 1. The Balaban J connectivity index is 1.54. The molecule has 2 aromatic carbocycles. The fourth-order valence-electron chi connectivity index (χ4n) is 3.05. The lowest BCUT2D eigenvalue weighted by Gasteiger charge is -2.07. The fourth-order valence-corrected chi connectivity index (χ4v) is 4.91. The van der Waals surface area contributed by atoms with Crippen LogP contribution in [0.1, 0.15) is 16.8 Å². The van der Waals surface area contributed by atoms with E-state index in [9.17, 15) is 0 Å². The molecule has 0 amide bonds. The maximum atomic E-state index is 4.83. The zero-order chi connectivity index (χ0) is 20.2. The van der Waals surface area contributed by atoms with Crippen LogP contribution in [0.25, 0.3) is 22.0 Å². The molecule has 4 nitrogen and oxygen atoms in total. The van der Waals surface area contributed by atoms with Gasteiger partial charge in [-0.15, -0.1) is 28.1 Å². The van der Waals surface area contributed by atoms with Gasteiger partial charge in [-0.1, -0.05) is 71.9 Å². The summed E-state index contributed by atoms with van der Waals surface area (Å²) in [4.78, 5) is 4.83. The summed E-state index contributed by atoms with van der Waals surface area (Å²) in [6.07, 6.45) is 1.88. The van der Waals surface area contributed by atoms with Gasteiger partial charge in [0.05, 0.1) is 5.69 Å². The van der Waals surface area contributed by atoms with Gasteiger partial charge in [0.25, 0.3) is 0 Å². The minimum Gasteiger partial charge on any atom is -0.298 e. The number of hydrogen-bond acceptors (Lipinski definition) is 5. The molecular weight excluding hydrogens is 396 g/mol. The SMILES string of the molecule is C=CCn1c(SCc2csc(-c3ccccc3C)n2)nnc1-c1ccc(C)cc1. The van der Waals surface area contributed by atoms with E-state index in [-0.39, 0.29) is 0 Å². The molecule has 2 aromatic heterocycles. The van der Waals surface area contributed by atoms with Crippen molar-refractivity contribution in [3.63, 3.8) is 0 Å². The van der Waals surface area contributed by atoms with E-state index >= 15 is 0 Å². The molecule has 146 valence electrons. The van der Waals surface area contributed by atoms with Crippen LogP contribution in [0.5, 0.6) is 0 Å². The van der Waals surface area contributed by atoms with Crippen molar-refractivity contribution >= 4 is 23.1 Å². The molecule has 0 N–H and O–H groups in total. The lowest BCUT2D eigenvalue weighted by atomic mass is 10.1. The third-order valence-corrected chi connectivity index (χ3v) is 6.54. The van der Waals surface area contributed by atoms with E-state index in [0.29, 0.717) is 6.54 Å². The Morgan fingerprint density at radius 3 is 2.62 bits per heavy atom. The van der Waals surface area contributed by atoms with Crippen LogP contribution < -0.4 is 0 Å². The van der Waals surface area contributed by atoms with E-state index in [2.05, 4.69) is 89.1 Å². The first-order chi connectivity index (χ1) is 14.2. The molecule has 0 spiro atoms. The highest BCUT2D eigenvalue weighted by Gasteiger charge is 2.15. The van der Waals surface area contributed by atoms with Crippen molar-refractivity contribution in [3.8, 4) is 22.0 Å². The first-order valence-electron chi connectivity index (χ1n) is 9.40. The maximum Gasteiger partial charge on any atom is 0.192 e. The van der Waals surface area contributed by atoms with Crippen molar-refractivity contribution in [3.05, 3.63) is 83.4 Å². The second-order valence-electron chi connectivity index (χ2n) is 6.82. The molecule has 0 aliphatic heterocycles. The first kappa shape index (κ1) is 19.6. The highest BCUT2D eigenvalue weighted by atomic mass is 32.2. The monoisotopic (exact) mass is 418 g/mol. The Morgan fingerprint density at radius 2 is 1.86 bits per heavy atom. The van der Waals surface area contributed by atoms with Crippen LogP contribution in [0, 0.1) is 13.8 Å². The van der Waals surface area contributed by atoms with E-state index in [1.54, 1.807) is 23.1 Å². The minimum atomic E-state index is 0.671. The normalized spacial score (nSPS) is 11.0. The van der Waals surface area contributed by atoms with Gasteiger partial charge in [-0.05, 0) is 19.4 Å². The first-order valence-corrected chi connectivity index (χ1v) is 11.3. The largest absolute Gasteiger partial charge is 0.298 e. The molecule has 0 aliphatic rings. The molecule has 0 bridgehead atoms. The molecule has 0 unspecified atom stereocenters. The van der Waals surface area contributed by atoms with Crippen LogP contribution in [0.4, 0.5) is 0 Å². The number of aromatic nitrogens is 4. The van der Waals surface area contributed by atoms with Gasteiger partial charge in [0.2, 0.25) is 0 Å². The number of rotatable bonds is 7. The fraction of sp³-hybridized carbons (Fsp3) is 0.174. The highest BCUT2D eigenvalue weighted by molar-refractivity contribution is 7.98. The molecule has 0 saturated heterocycles. The van der Waals surface area contributed by atoms with Gasteiger partial charge >= 0.3 is 0 Å². The molecule has 6 heteroatoms. The number of thioether (sulfide) groups is 1. The molecule has 29 heavy (non-hydrogen) atoms. The van der Waals surface area contributed by atoms with E-state index in [0.717, 1.165) is 33.0 Å². The lowest BCUT2D eigenvalue weighted by Crippen LogP contribution is -2.00. The summed E-state index contributed by atoms with van der Waals surface area (Å²) in [5, 5.41) is 12.9. The number of hydrogen-bond donors (Lipinski definition) is 0. The smallest absolute Gasteiger partial charge is 0.192 e. The van der Waals surface area contributed by atoms with Gasteiger partial charge in [0, 0.05) is 28.8 Å². The van der Waals surface area contributed by atoms with E-state index in [1.165, 1.54) is 16.7 Å². The standard InChI is InChI=1S/C23H22N4S2/c1-4-13-27-21(18-11-9-16(2)10-12-18)25-26-23(27)29-15-19-14-28-22(24-19)20-8-6-5-7-17(20)3/h4-12,14H,1,13,15H2,2-3H3. The Kier molecular flexibility index (Phi) is 5.92. The van der Waals surface area contributed by atoms with Crippen molar-refractivity contribution in [1.29, 1.82) is 0 Å². The second-order valence-corrected chi connectivity index (χ2v) is 8.62. The van der Waals surface area contributed by atoms with Crippen molar-refractivity contribution < 1.29 is 0 Å². The topological polar surface area (TPSA) is 43.6 Å². The summed E-state index contributed by atoms with van der Waals surface area (Å²) in [6, 6.07) is 16.7. The molecule has 4 rings (SSSR count). The van der Waals surface area contributed by atoms with Crippen molar-refractivity contribution in [2.45, 2.75) is 31.3 Å². The van der Waals surface area contributed by atoms with Gasteiger partial charge in [-0.25, -0.2) is 4.98 Å². The molecule has 2 heterocycles. The molecule has 0 saturated carbocycles. The maximum absolute atomic E-state index is 4.83. The average Bonchev–Trinajstić information content (AvgIpc) is 3.35. The zero-order valence-corrected chi connectivity index (χ0v) is 18.1. The van der Waals surface area contributed by atoms with Crippen LogP contribution in [0.3, 0.4) is 0 Å². The molecule has 0 atom stereocenters. The number of allylic oxidation sites excluding steroid dienone is 1. The minimum absolute atomic E-state index is 0.671. The van der Waals surface area contributed by atoms with Crippen LogP contribution in [0.2, 0.25) is 0 Å². The lowest BCUT2D eigenvalue weighted by molar-refractivity contribution is 0.731. The van der Waals surface area contributed by atoms with Crippen LogP contribution in [-0.4, -0.2) is 19.7 Å². The third kappa shape index (κ3) is 4.33. The van der Waals surface area contributed by atoms with Crippen molar-refractivity contribution in [2.75, 3.05) is 0 Å². The second kappa shape index (κ2) is 8.76. The average molecular weight is 419 g/mol. The predicted molar refractivity (Wildman–Crippen MR) is 122 cm³/mol. The van der Waals surface area contributed by atoms with E-state index < -0.39 is 0 Å². The quantitative estimate of drug-likeness (QED) is 0.266. The Hall–Kier alpha value is -2.70. The number of aryl methyl sites for hydroxylation is 2. The zero-order valence-electron chi connectivity index (χ0n) is 16.5. The van der Waals surface area contributed by atoms with Crippen LogP contribution >= 0.6 is 23.1 Å². The van der Waals surface area contributed by atoms with Gasteiger partial charge in [-0.3, -0.25) is 4.57 Å². The third-order valence-electron chi connectivity index (χ3n) is 4.61. The molecule has 0 aliphatic carbocycles. The van der Waals surface area contributed by atoms with Crippen molar-refractivity contribution in [1.82, 2.24) is 19.7 Å². The molecule has 0 radical (unpaired) electrons. The van der Waals surface area contributed by atoms with E-state index in [1.807, 2.05) is 6.08 Å². The predicted octanol–water partition coefficient (Wildman–Crippen LogP) is 6.16. The summed E-state index contributed by atoms with van der Waals surface area (Å²) in [5.74, 6) is 1.62. The highest BCUT2D eigenvalue weighted by Crippen LogP contribution is 2.30. The number of benzene rings is 2. The molecular formula is C23H22N4S2. The summed E-state index contributed by atoms with van der Waals surface area (Å²) >= 11 is 3.34. The molecule has 4 aromatic rings. The Bertz CT molecular complexity index is 1130. The Morgan fingerprint density at radius 1 is 1.07 bits per heavy atom. The van der Waals surface area contributed by atoms with E-state index in [4.69, 9.17) is 4.98 Å². The summed E-state index contributed by atoms with van der Waals surface area (Å²) in [6.45, 7) is 8.77. The summed E-state index contributed by atoms with van der Waals surface area (Å²) in [7, 11) is 0. The van der Waals surface area contributed by atoms with Crippen molar-refractivity contribution in [2.24, 2.45) is 0 Å². The molecule has 0 fully saturated rings. The summed E-state index contributed by atoms with van der Waals surface area (Å²) < 4.78 is 2.11.